The molecule has 0 spiro atoms. The van der Waals surface area contributed by atoms with Crippen LogP contribution in [0.4, 0.5) is 0 Å². The molecule has 2 unspecified atom stereocenters. The molecule has 2 aromatic carbocycles. The Morgan fingerprint density at radius 3 is 2.38 bits per heavy atom. The minimum atomic E-state index is -0.466. The highest BCUT2D eigenvalue weighted by Crippen LogP contribution is 2.51. The zero-order valence-corrected chi connectivity index (χ0v) is 17.5. The van der Waals surface area contributed by atoms with Crippen molar-refractivity contribution >= 4 is 13.9 Å². The third kappa shape index (κ3) is 4.46. The van der Waals surface area contributed by atoms with Gasteiger partial charge in [0, 0.05) is 17.8 Å². The molecular weight excluding hydrogens is 343 g/mol. The summed E-state index contributed by atoms with van der Waals surface area (Å²) in [5, 5.41) is 11.4. The standard InChI is InChI=1S/C22H31O3P/c1-6-22(7-2,26-20-14-9-8-12-18(20)17(4)23)19-13-10-11-16(3)21(19)25-15-24-5/h8-14,17,23,26H,6-7,15H2,1-5H3. The summed E-state index contributed by atoms with van der Waals surface area (Å²) >= 11 is 0. The normalized spacial score (nSPS) is 13.3. The molecule has 2 rings (SSSR count). The Morgan fingerprint density at radius 1 is 1.08 bits per heavy atom. The lowest BCUT2D eigenvalue weighted by atomic mass is 9.90. The second kappa shape index (κ2) is 9.50. The van der Waals surface area contributed by atoms with E-state index in [4.69, 9.17) is 9.47 Å². The maximum absolute atomic E-state index is 10.2. The number of hydrogen-bond donors (Lipinski definition) is 1. The van der Waals surface area contributed by atoms with Crippen LogP contribution in [-0.2, 0) is 9.89 Å². The molecule has 4 heteroatoms. The van der Waals surface area contributed by atoms with E-state index in [2.05, 4.69) is 51.1 Å². The number of aliphatic hydroxyl groups excluding tert-OH is 1. The first-order chi connectivity index (χ1) is 12.5. The molecule has 0 bridgehead atoms. The van der Waals surface area contributed by atoms with E-state index in [1.54, 1.807) is 7.11 Å². The molecule has 2 aromatic rings. The number of hydrogen-bond acceptors (Lipinski definition) is 3. The van der Waals surface area contributed by atoms with Crippen molar-refractivity contribution in [3.05, 3.63) is 59.2 Å². The van der Waals surface area contributed by atoms with Crippen molar-refractivity contribution in [2.45, 2.75) is 51.8 Å². The van der Waals surface area contributed by atoms with E-state index in [0.717, 1.165) is 29.7 Å². The van der Waals surface area contributed by atoms with E-state index in [-0.39, 0.29) is 11.9 Å². The average molecular weight is 374 g/mol. The molecule has 0 aliphatic heterocycles. The number of rotatable bonds is 9. The summed E-state index contributed by atoms with van der Waals surface area (Å²) in [7, 11) is 2.20. The van der Waals surface area contributed by atoms with Crippen molar-refractivity contribution in [3.63, 3.8) is 0 Å². The molecule has 0 aromatic heterocycles. The smallest absolute Gasteiger partial charge is 0.188 e. The lowest BCUT2D eigenvalue weighted by Crippen LogP contribution is -2.24. The molecule has 0 aliphatic rings. The van der Waals surface area contributed by atoms with E-state index in [0.29, 0.717) is 8.58 Å². The van der Waals surface area contributed by atoms with Crippen LogP contribution in [0.15, 0.2) is 42.5 Å². The number of para-hydroxylation sites is 1. The highest BCUT2D eigenvalue weighted by atomic mass is 31.1. The molecule has 2 atom stereocenters. The van der Waals surface area contributed by atoms with E-state index < -0.39 is 6.10 Å². The van der Waals surface area contributed by atoms with Gasteiger partial charge in [-0.2, -0.15) is 0 Å². The fraction of sp³-hybridized carbons (Fsp3) is 0.455. The summed E-state index contributed by atoms with van der Waals surface area (Å²) in [5.41, 5.74) is 3.38. The minimum absolute atomic E-state index is 0.0277. The molecule has 0 saturated carbocycles. The summed E-state index contributed by atoms with van der Waals surface area (Å²) in [6.45, 7) is 8.64. The number of benzene rings is 2. The van der Waals surface area contributed by atoms with Crippen molar-refractivity contribution < 1.29 is 14.6 Å². The van der Waals surface area contributed by atoms with Gasteiger partial charge in [0.05, 0.1) is 6.10 Å². The molecule has 0 saturated heterocycles. The van der Waals surface area contributed by atoms with Crippen LogP contribution in [0, 0.1) is 6.92 Å². The molecule has 0 fully saturated rings. The van der Waals surface area contributed by atoms with Gasteiger partial charge in [-0.1, -0.05) is 64.9 Å². The first-order valence-electron chi connectivity index (χ1n) is 9.26. The van der Waals surface area contributed by atoms with Crippen LogP contribution in [0.2, 0.25) is 0 Å². The number of methoxy groups -OCH3 is 1. The Kier molecular flexibility index (Phi) is 7.64. The van der Waals surface area contributed by atoms with E-state index in [9.17, 15) is 5.11 Å². The molecule has 142 valence electrons. The van der Waals surface area contributed by atoms with Gasteiger partial charge >= 0.3 is 0 Å². The van der Waals surface area contributed by atoms with Crippen LogP contribution >= 0.6 is 8.58 Å². The average Bonchev–Trinajstić information content (AvgIpc) is 2.65. The van der Waals surface area contributed by atoms with Crippen molar-refractivity contribution in [1.82, 2.24) is 0 Å². The number of aryl methyl sites for hydroxylation is 1. The Morgan fingerprint density at radius 2 is 1.77 bits per heavy atom. The monoisotopic (exact) mass is 374 g/mol. The van der Waals surface area contributed by atoms with Gasteiger partial charge in [0.15, 0.2) is 6.79 Å². The van der Waals surface area contributed by atoms with Gasteiger partial charge in [0.1, 0.15) is 5.75 Å². The van der Waals surface area contributed by atoms with Crippen LogP contribution in [-0.4, -0.2) is 19.0 Å². The van der Waals surface area contributed by atoms with Crippen LogP contribution in [0.5, 0.6) is 5.75 Å². The highest BCUT2D eigenvalue weighted by molar-refractivity contribution is 7.48. The summed E-state index contributed by atoms with van der Waals surface area (Å²) < 4.78 is 11.1. The molecule has 0 radical (unpaired) electrons. The summed E-state index contributed by atoms with van der Waals surface area (Å²) in [4.78, 5) is 0. The summed E-state index contributed by atoms with van der Waals surface area (Å²) in [5.74, 6) is 0.931. The molecule has 1 N–H and O–H groups in total. The lowest BCUT2D eigenvalue weighted by Gasteiger charge is -2.35. The molecule has 0 aliphatic carbocycles. The SMILES string of the molecule is CCC(CC)(Pc1ccccc1C(C)O)c1cccc(C)c1OCOC. The maximum atomic E-state index is 10.2. The van der Waals surface area contributed by atoms with Crippen molar-refractivity contribution in [1.29, 1.82) is 0 Å². The van der Waals surface area contributed by atoms with Crippen LogP contribution in [0.25, 0.3) is 0 Å². The Hall–Kier alpha value is -1.41. The highest BCUT2D eigenvalue weighted by Gasteiger charge is 2.33. The second-order valence-electron chi connectivity index (χ2n) is 6.68. The third-order valence-corrected chi connectivity index (χ3v) is 7.22. The van der Waals surface area contributed by atoms with Crippen LogP contribution < -0.4 is 10.0 Å². The fourth-order valence-corrected chi connectivity index (χ4v) is 5.26. The van der Waals surface area contributed by atoms with Gasteiger partial charge in [-0.05, 0) is 43.1 Å². The van der Waals surface area contributed by atoms with E-state index in [1.165, 1.54) is 10.9 Å². The zero-order chi connectivity index (χ0) is 19.2. The first-order valence-corrected chi connectivity index (χ1v) is 10.3. The van der Waals surface area contributed by atoms with Gasteiger partial charge in [-0.3, -0.25) is 0 Å². The van der Waals surface area contributed by atoms with Gasteiger partial charge in [-0.15, -0.1) is 0 Å². The Labute approximate surface area is 159 Å². The Bertz CT molecular complexity index is 708. The van der Waals surface area contributed by atoms with E-state index in [1.807, 2.05) is 19.1 Å². The predicted octanol–water partition coefficient (Wildman–Crippen LogP) is 5.05. The fourth-order valence-electron chi connectivity index (χ4n) is 3.45. The lowest BCUT2D eigenvalue weighted by molar-refractivity contribution is 0.0494. The predicted molar refractivity (Wildman–Crippen MR) is 111 cm³/mol. The number of ether oxygens (including phenoxy) is 2. The largest absolute Gasteiger partial charge is 0.467 e. The van der Waals surface area contributed by atoms with Crippen molar-refractivity contribution in [2.75, 3.05) is 13.9 Å². The van der Waals surface area contributed by atoms with Crippen molar-refractivity contribution in [3.8, 4) is 5.75 Å². The molecular formula is C22H31O3P. The third-order valence-electron chi connectivity index (χ3n) is 5.04. The molecule has 0 heterocycles. The molecule has 0 amide bonds. The molecule has 26 heavy (non-hydrogen) atoms. The zero-order valence-electron chi connectivity index (χ0n) is 16.5. The quantitative estimate of drug-likeness (QED) is 0.493. The second-order valence-corrected chi connectivity index (χ2v) is 8.43. The van der Waals surface area contributed by atoms with Gasteiger partial charge in [-0.25, -0.2) is 0 Å². The maximum Gasteiger partial charge on any atom is 0.188 e. The van der Waals surface area contributed by atoms with Crippen LogP contribution in [0.3, 0.4) is 0 Å². The van der Waals surface area contributed by atoms with Crippen LogP contribution in [0.1, 0.15) is 56.4 Å². The summed E-state index contributed by atoms with van der Waals surface area (Å²) in [6, 6.07) is 14.6. The number of aliphatic hydroxyl groups is 1. The first kappa shape index (κ1) is 20.9. The van der Waals surface area contributed by atoms with E-state index >= 15 is 0 Å². The molecule has 3 nitrogen and oxygen atoms in total. The van der Waals surface area contributed by atoms with Crippen molar-refractivity contribution in [2.24, 2.45) is 0 Å². The minimum Gasteiger partial charge on any atom is -0.467 e. The summed E-state index contributed by atoms with van der Waals surface area (Å²) in [6.07, 6.45) is 1.54. The van der Waals surface area contributed by atoms with Gasteiger partial charge in [0.25, 0.3) is 0 Å². The Balaban J connectivity index is 2.53. The topological polar surface area (TPSA) is 38.7 Å². The van der Waals surface area contributed by atoms with Gasteiger partial charge in [0.2, 0.25) is 0 Å². The van der Waals surface area contributed by atoms with Gasteiger partial charge < -0.3 is 14.6 Å².